The Morgan fingerprint density at radius 3 is 2.54 bits per heavy atom. The standard InChI is InChI=1S/C28H41N5O5S/c1-8-9-10-11-19-37-26-23(3)32(24-14-12-13-22(2)20-24)29-21-25(26)33(7)17-15-31(16-18-33)39(35,36)30-27(34)38-28(4,5)6/h8,12-14,20-21H,1,3,9-11,15-19H2,2,4-7H3/p+1. The maximum atomic E-state index is 12.9. The zero-order valence-electron chi connectivity index (χ0n) is 23.8. The quantitative estimate of drug-likeness (QED) is 0.258. The van der Waals surface area contributed by atoms with E-state index in [0.717, 1.165) is 36.2 Å². The Balaban J connectivity index is 1.80. The predicted octanol–water partition coefficient (Wildman–Crippen LogP) is 4.43. The van der Waals surface area contributed by atoms with Gasteiger partial charge in [0.25, 0.3) is 0 Å². The number of ether oxygens (including phenoxy) is 2. The van der Waals surface area contributed by atoms with Crippen LogP contribution in [0.3, 0.4) is 0 Å². The van der Waals surface area contributed by atoms with Crippen molar-refractivity contribution in [2.24, 2.45) is 5.10 Å². The molecular weight excluding hydrogens is 518 g/mol. The molecule has 2 aliphatic heterocycles. The van der Waals surface area contributed by atoms with Crippen LogP contribution in [0.15, 0.2) is 65.8 Å². The van der Waals surface area contributed by atoms with Crippen molar-refractivity contribution in [1.82, 2.24) is 9.03 Å². The molecule has 3 rings (SSSR count). The van der Waals surface area contributed by atoms with E-state index in [1.165, 1.54) is 4.31 Å². The molecule has 0 spiro atoms. The molecule has 0 bridgehead atoms. The van der Waals surface area contributed by atoms with E-state index in [-0.39, 0.29) is 13.1 Å². The average Bonchev–Trinajstić information content (AvgIpc) is 2.83. The normalized spacial score (nSPS) is 18.2. The van der Waals surface area contributed by atoms with Crippen molar-refractivity contribution in [2.45, 2.75) is 52.6 Å². The van der Waals surface area contributed by atoms with E-state index in [4.69, 9.17) is 14.6 Å². The number of hydrazone groups is 1. The van der Waals surface area contributed by atoms with Gasteiger partial charge in [-0.1, -0.05) is 24.8 Å². The van der Waals surface area contributed by atoms with Gasteiger partial charge >= 0.3 is 16.3 Å². The van der Waals surface area contributed by atoms with Crippen molar-refractivity contribution in [1.29, 1.82) is 0 Å². The summed E-state index contributed by atoms with van der Waals surface area (Å²) in [6, 6.07) is 8.00. The number of unbranched alkanes of at least 4 members (excludes halogenated alkanes) is 2. The number of anilines is 1. The van der Waals surface area contributed by atoms with Crippen molar-refractivity contribution in [3.05, 3.63) is 66.2 Å². The summed E-state index contributed by atoms with van der Waals surface area (Å²) < 4.78 is 40.9. The first-order valence-electron chi connectivity index (χ1n) is 13.2. The summed E-state index contributed by atoms with van der Waals surface area (Å²) in [5, 5.41) is 6.48. The van der Waals surface area contributed by atoms with Gasteiger partial charge < -0.3 is 9.47 Å². The lowest BCUT2D eigenvalue weighted by atomic mass is 10.1. The van der Waals surface area contributed by atoms with Gasteiger partial charge in [-0.05, 0) is 64.7 Å². The summed E-state index contributed by atoms with van der Waals surface area (Å²) in [4.78, 5) is 12.1. The van der Waals surface area contributed by atoms with Crippen LogP contribution in [0, 0.1) is 6.92 Å². The highest BCUT2D eigenvalue weighted by Crippen LogP contribution is 2.33. The van der Waals surface area contributed by atoms with Crippen LogP contribution in [0.25, 0.3) is 0 Å². The van der Waals surface area contributed by atoms with Gasteiger partial charge in [0.1, 0.15) is 17.5 Å². The number of quaternary nitrogens is 1. The fraction of sp³-hybridized carbons (Fsp3) is 0.500. The van der Waals surface area contributed by atoms with Gasteiger partial charge in [-0.2, -0.15) is 17.8 Å². The number of hydrogen-bond acceptors (Lipinski definition) is 7. The lowest BCUT2D eigenvalue weighted by Gasteiger charge is -2.43. The first-order chi connectivity index (χ1) is 18.3. The third-order valence-electron chi connectivity index (χ3n) is 6.56. The fourth-order valence-corrected chi connectivity index (χ4v) is 5.44. The highest BCUT2D eigenvalue weighted by Gasteiger charge is 2.41. The van der Waals surface area contributed by atoms with Gasteiger partial charge in [0.15, 0.2) is 5.70 Å². The molecule has 1 amide bonds. The number of hydrogen-bond donors (Lipinski definition) is 1. The predicted molar refractivity (Wildman–Crippen MR) is 154 cm³/mol. The Labute approximate surface area is 233 Å². The van der Waals surface area contributed by atoms with Crippen LogP contribution in [-0.4, -0.2) is 74.9 Å². The molecule has 214 valence electrons. The Morgan fingerprint density at radius 1 is 1.23 bits per heavy atom. The molecule has 2 aliphatic rings. The lowest BCUT2D eigenvalue weighted by Crippen LogP contribution is -2.60. The summed E-state index contributed by atoms with van der Waals surface area (Å²) >= 11 is 0. The first-order valence-corrected chi connectivity index (χ1v) is 14.6. The van der Waals surface area contributed by atoms with Crippen LogP contribution >= 0.6 is 0 Å². The summed E-state index contributed by atoms with van der Waals surface area (Å²) in [6.07, 6.45) is 5.45. The molecule has 1 aromatic rings. The van der Waals surface area contributed by atoms with Crippen LogP contribution in [0.4, 0.5) is 10.5 Å². The van der Waals surface area contributed by atoms with Gasteiger partial charge in [0.05, 0.1) is 45.5 Å². The molecule has 39 heavy (non-hydrogen) atoms. The third kappa shape index (κ3) is 7.93. The number of rotatable bonds is 10. The number of carbonyl (C=O) groups is 1. The van der Waals surface area contributed by atoms with E-state index in [1.807, 2.05) is 49.0 Å². The number of piperazine rings is 1. The molecule has 0 aromatic heterocycles. The Bertz CT molecular complexity index is 1240. The SMILES string of the molecule is C=CCCCCOC1=C([N+]2(C)CCN(S(=O)(=O)NC(=O)OC(C)(C)C)CC2)C=NN(c2cccc(C)c2)C1=C. The number of benzene rings is 1. The smallest absolute Gasteiger partial charge is 0.422 e. The van der Waals surface area contributed by atoms with Crippen molar-refractivity contribution >= 4 is 28.2 Å². The summed E-state index contributed by atoms with van der Waals surface area (Å²) in [5.74, 6) is 0.649. The summed E-state index contributed by atoms with van der Waals surface area (Å²) in [5.41, 5.74) is 2.65. The molecular formula is C28H42N5O5S+. The third-order valence-corrected chi connectivity index (χ3v) is 8.03. The first kappa shape index (κ1) is 30.4. The monoisotopic (exact) mass is 560 g/mol. The largest absolute Gasteiger partial charge is 0.486 e. The van der Waals surface area contributed by atoms with Gasteiger partial charge in [-0.3, -0.25) is 4.48 Å². The lowest BCUT2D eigenvalue weighted by molar-refractivity contribution is -0.871. The molecule has 0 atom stereocenters. The molecule has 10 nitrogen and oxygen atoms in total. The second kappa shape index (κ2) is 12.4. The van der Waals surface area contributed by atoms with Gasteiger partial charge in [0, 0.05) is 0 Å². The van der Waals surface area contributed by atoms with Crippen molar-refractivity contribution < 1.29 is 27.2 Å². The summed E-state index contributed by atoms with van der Waals surface area (Å²) in [6.45, 7) is 17.0. The number of allylic oxidation sites excluding steroid dienone is 2. The number of amides is 1. The average molecular weight is 561 g/mol. The van der Waals surface area contributed by atoms with E-state index in [0.29, 0.717) is 35.6 Å². The molecule has 1 fully saturated rings. The molecule has 1 aromatic carbocycles. The molecule has 11 heteroatoms. The van der Waals surface area contributed by atoms with Crippen molar-refractivity contribution in [2.75, 3.05) is 44.8 Å². The van der Waals surface area contributed by atoms with Crippen LogP contribution in [0.5, 0.6) is 0 Å². The zero-order valence-corrected chi connectivity index (χ0v) is 24.6. The zero-order chi connectivity index (χ0) is 28.8. The molecule has 0 saturated carbocycles. The van der Waals surface area contributed by atoms with Crippen molar-refractivity contribution in [3.8, 4) is 0 Å². The minimum Gasteiger partial charge on any atom is -0.486 e. The fourth-order valence-electron chi connectivity index (χ4n) is 4.41. The number of likely N-dealkylation sites (N-methyl/N-ethyl adjacent to an activating group) is 1. The molecule has 1 N–H and O–H groups in total. The minimum absolute atomic E-state index is 0.201. The van der Waals surface area contributed by atoms with Gasteiger partial charge in [-0.25, -0.2) is 14.5 Å². The molecule has 0 unspecified atom stereocenters. The Kier molecular flexibility index (Phi) is 9.63. The maximum Gasteiger partial charge on any atom is 0.422 e. The van der Waals surface area contributed by atoms with Crippen LogP contribution in [0.2, 0.25) is 0 Å². The molecule has 2 heterocycles. The van der Waals surface area contributed by atoms with E-state index in [2.05, 4.69) is 13.2 Å². The maximum absolute atomic E-state index is 12.9. The van der Waals surface area contributed by atoms with Gasteiger partial charge in [0.2, 0.25) is 5.76 Å². The second-order valence-electron chi connectivity index (χ2n) is 11.0. The van der Waals surface area contributed by atoms with Crippen LogP contribution in [-0.2, 0) is 19.7 Å². The highest BCUT2D eigenvalue weighted by atomic mass is 32.2. The van der Waals surface area contributed by atoms with E-state index in [9.17, 15) is 13.2 Å². The Morgan fingerprint density at radius 2 is 1.92 bits per heavy atom. The summed E-state index contributed by atoms with van der Waals surface area (Å²) in [7, 11) is -2.02. The number of nitrogens with zero attached hydrogens (tertiary/aromatic N) is 4. The number of carbonyl (C=O) groups excluding carboxylic acids is 1. The van der Waals surface area contributed by atoms with Gasteiger partial charge in [-0.15, -0.1) is 6.58 Å². The molecule has 0 radical (unpaired) electrons. The van der Waals surface area contributed by atoms with E-state index >= 15 is 0 Å². The molecule has 0 aliphatic carbocycles. The minimum atomic E-state index is -4.05. The topological polar surface area (TPSA) is 101 Å². The van der Waals surface area contributed by atoms with Crippen LogP contribution in [0.1, 0.15) is 45.6 Å². The van der Waals surface area contributed by atoms with E-state index < -0.39 is 21.9 Å². The van der Waals surface area contributed by atoms with Crippen LogP contribution < -0.4 is 9.73 Å². The number of nitrogens with one attached hydrogen (secondary N) is 1. The number of aryl methyl sites for hydroxylation is 1. The van der Waals surface area contributed by atoms with E-state index in [1.54, 1.807) is 32.0 Å². The second-order valence-corrected chi connectivity index (χ2v) is 12.7. The highest BCUT2D eigenvalue weighted by molar-refractivity contribution is 7.87. The molecule has 1 saturated heterocycles. The van der Waals surface area contributed by atoms with Crippen molar-refractivity contribution in [3.63, 3.8) is 0 Å². The Hall–Kier alpha value is -3.15.